The lowest BCUT2D eigenvalue weighted by atomic mass is 9.80. The van der Waals surface area contributed by atoms with E-state index in [0.717, 1.165) is 0 Å². The number of nitrogens with one attached hydrogen (secondary N) is 1. The molecule has 0 aromatic rings. The molecular formula is C14H29N3. The summed E-state index contributed by atoms with van der Waals surface area (Å²) in [5.74, 6) is 0. The summed E-state index contributed by atoms with van der Waals surface area (Å²) in [5.41, 5.74) is 0.552. The van der Waals surface area contributed by atoms with Gasteiger partial charge >= 0.3 is 0 Å². The molecule has 0 amide bonds. The molecule has 1 atom stereocenters. The Balaban J connectivity index is 1.86. The highest BCUT2D eigenvalue weighted by molar-refractivity contribution is 4.86. The minimum absolute atomic E-state index is 0.552. The zero-order valence-corrected chi connectivity index (χ0v) is 11.8. The van der Waals surface area contributed by atoms with Crippen LogP contribution in [0, 0.1) is 5.41 Å². The van der Waals surface area contributed by atoms with Crippen molar-refractivity contribution < 1.29 is 0 Å². The quantitative estimate of drug-likeness (QED) is 0.786. The standard InChI is InChI=1S/C14H29N3/c1-13-11-17(8-4-7-15-13)12-14(2)5-9-16(3)10-6-14/h13,15H,4-12H2,1-3H3. The average molecular weight is 239 g/mol. The molecule has 0 aromatic heterocycles. The summed E-state index contributed by atoms with van der Waals surface area (Å²) < 4.78 is 0. The van der Waals surface area contributed by atoms with E-state index in [9.17, 15) is 0 Å². The number of likely N-dealkylation sites (tertiary alicyclic amines) is 1. The maximum atomic E-state index is 3.58. The Morgan fingerprint density at radius 2 is 1.94 bits per heavy atom. The summed E-state index contributed by atoms with van der Waals surface area (Å²) in [5, 5.41) is 3.58. The van der Waals surface area contributed by atoms with Crippen LogP contribution in [0.3, 0.4) is 0 Å². The van der Waals surface area contributed by atoms with E-state index in [0.29, 0.717) is 11.5 Å². The maximum absolute atomic E-state index is 3.58. The lowest BCUT2D eigenvalue weighted by molar-refractivity contribution is 0.0863. The van der Waals surface area contributed by atoms with Gasteiger partial charge in [0, 0.05) is 19.1 Å². The van der Waals surface area contributed by atoms with E-state index in [2.05, 4.69) is 36.0 Å². The lowest BCUT2D eigenvalue weighted by Crippen LogP contribution is -2.45. The molecule has 0 aromatic carbocycles. The Morgan fingerprint density at radius 1 is 1.24 bits per heavy atom. The summed E-state index contributed by atoms with van der Waals surface area (Å²) in [7, 11) is 2.25. The number of piperidine rings is 1. The molecule has 0 saturated carbocycles. The third kappa shape index (κ3) is 3.94. The highest BCUT2D eigenvalue weighted by atomic mass is 15.2. The van der Waals surface area contributed by atoms with Crippen LogP contribution in [0.5, 0.6) is 0 Å². The van der Waals surface area contributed by atoms with Gasteiger partial charge in [-0.2, -0.15) is 0 Å². The van der Waals surface area contributed by atoms with Gasteiger partial charge in [0.15, 0.2) is 0 Å². The molecule has 17 heavy (non-hydrogen) atoms. The Bertz CT molecular complexity index is 234. The molecule has 100 valence electrons. The van der Waals surface area contributed by atoms with E-state index >= 15 is 0 Å². The SMILES string of the molecule is CC1CN(CC2(C)CCN(C)CC2)CCCN1. The Labute approximate surface area is 107 Å². The fraction of sp³-hybridized carbons (Fsp3) is 1.00. The van der Waals surface area contributed by atoms with Gasteiger partial charge in [-0.3, -0.25) is 0 Å². The summed E-state index contributed by atoms with van der Waals surface area (Å²) in [6.07, 6.45) is 4.03. The van der Waals surface area contributed by atoms with Crippen LogP contribution in [-0.2, 0) is 0 Å². The minimum atomic E-state index is 0.552. The van der Waals surface area contributed by atoms with Crippen LogP contribution in [0.2, 0.25) is 0 Å². The van der Waals surface area contributed by atoms with E-state index in [4.69, 9.17) is 0 Å². The maximum Gasteiger partial charge on any atom is 0.0166 e. The first-order chi connectivity index (χ1) is 8.07. The summed E-state index contributed by atoms with van der Waals surface area (Å²) in [4.78, 5) is 5.16. The van der Waals surface area contributed by atoms with Crippen molar-refractivity contribution in [3.05, 3.63) is 0 Å². The van der Waals surface area contributed by atoms with Crippen molar-refractivity contribution in [2.75, 3.05) is 46.3 Å². The van der Waals surface area contributed by atoms with Crippen LogP contribution in [0.15, 0.2) is 0 Å². The Hall–Kier alpha value is -0.120. The van der Waals surface area contributed by atoms with E-state index in [-0.39, 0.29) is 0 Å². The summed E-state index contributed by atoms with van der Waals surface area (Å²) in [6, 6.07) is 0.660. The second-order valence-corrected chi connectivity index (χ2v) is 6.56. The molecule has 0 aliphatic carbocycles. The lowest BCUT2D eigenvalue weighted by Gasteiger charge is -2.41. The second-order valence-electron chi connectivity index (χ2n) is 6.56. The third-order valence-corrected chi connectivity index (χ3v) is 4.48. The largest absolute Gasteiger partial charge is 0.313 e. The molecule has 2 fully saturated rings. The van der Waals surface area contributed by atoms with Gasteiger partial charge in [-0.25, -0.2) is 0 Å². The number of hydrogen-bond donors (Lipinski definition) is 1. The molecule has 2 rings (SSSR count). The van der Waals surface area contributed by atoms with Gasteiger partial charge in [0.25, 0.3) is 0 Å². The van der Waals surface area contributed by atoms with Gasteiger partial charge in [0.1, 0.15) is 0 Å². The number of rotatable bonds is 2. The molecule has 0 spiro atoms. The van der Waals surface area contributed by atoms with Gasteiger partial charge in [0.2, 0.25) is 0 Å². The van der Waals surface area contributed by atoms with E-state index in [1.165, 1.54) is 58.5 Å². The molecule has 2 aliphatic heterocycles. The molecule has 2 aliphatic rings. The first-order valence-electron chi connectivity index (χ1n) is 7.22. The number of hydrogen-bond acceptors (Lipinski definition) is 3. The molecule has 1 N–H and O–H groups in total. The number of nitrogens with zero attached hydrogens (tertiary/aromatic N) is 2. The smallest absolute Gasteiger partial charge is 0.0166 e. The molecule has 2 heterocycles. The van der Waals surface area contributed by atoms with Crippen LogP contribution in [0.1, 0.15) is 33.1 Å². The molecule has 2 saturated heterocycles. The Morgan fingerprint density at radius 3 is 2.65 bits per heavy atom. The van der Waals surface area contributed by atoms with E-state index < -0.39 is 0 Å². The zero-order chi connectivity index (χ0) is 12.3. The Kier molecular flexibility index (Phi) is 4.45. The average Bonchev–Trinajstić information content (AvgIpc) is 2.47. The molecule has 1 unspecified atom stereocenters. The van der Waals surface area contributed by atoms with Gasteiger partial charge in [-0.15, -0.1) is 0 Å². The van der Waals surface area contributed by atoms with Gasteiger partial charge in [-0.1, -0.05) is 6.92 Å². The molecule has 3 heteroatoms. The minimum Gasteiger partial charge on any atom is -0.313 e. The second kappa shape index (κ2) is 5.68. The molecule has 0 radical (unpaired) electrons. The van der Waals surface area contributed by atoms with Crippen molar-refractivity contribution in [2.45, 2.75) is 39.2 Å². The van der Waals surface area contributed by atoms with Gasteiger partial charge < -0.3 is 15.1 Å². The summed E-state index contributed by atoms with van der Waals surface area (Å²) in [6.45, 7) is 12.4. The van der Waals surface area contributed by atoms with Gasteiger partial charge in [0.05, 0.1) is 0 Å². The van der Waals surface area contributed by atoms with Gasteiger partial charge in [-0.05, 0) is 64.8 Å². The van der Waals surface area contributed by atoms with Crippen molar-refractivity contribution in [1.82, 2.24) is 15.1 Å². The van der Waals surface area contributed by atoms with Crippen molar-refractivity contribution in [2.24, 2.45) is 5.41 Å². The highest BCUT2D eigenvalue weighted by Gasteiger charge is 2.31. The molecule has 0 bridgehead atoms. The fourth-order valence-corrected chi connectivity index (χ4v) is 3.19. The normalized spacial score (nSPS) is 32.3. The van der Waals surface area contributed by atoms with Crippen LogP contribution in [-0.4, -0.2) is 62.2 Å². The predicted octanol–water partition coefficient (Wildman–Crippen LogP) is 1.40. The van der Waals surface area contributed by atoms with Crippen molar-refractivity contribution in [1.29, 1.82) is 0 Å². The van der Waals surface area contributed by atoms with Crippen LogP contribution < -0.4 is 5.32 Å². The summed E-state index contributed by atoms with van der Waals surface area (Å²) >= 11 is 0. The molecule has 3 nitrogen and oxygen atoms in total. The van der Waals surface area contributed by atoms with Crippen molar-refractivity contribution >= 4 is 0 Å². The van der Waals surface area contributed by atoms with Crippen LogP contribution in [0.25, 0.3) is 0 Å². The van der Waals surface area contributed by atoms with Crippen LogP contribution >= 0.6 is 0 Å². The first kappa shape index (κ1) is 13.3. The van der Waals surface area contributed by atoms with E-state index in [1.54, 1.807) is 0 Å². The topological polar surface area (TPSA) is 18.5 Å². The zero-order valence-electron chi connectivity index (χ0n) is 11.8. The van der Waals surface area contributed by atoms with Crippen molar-refractivity contribution in [3.63, 3.8) is 0 Å². The predicted molar refractivity (Wildman–Crippen MR) is 73.4 cm³/mol. The third-order valence-electron chi connectivity index (χ3n) is 4.48. The first-order valence-corrected chi connectivity index (χ1v) is 7.22. The monoisotopic (exact) mass is 239 g/mol. The van der Waals surface area contributed by atoms with E-state index in [1.807, 2.05) is 0 Å². The highest BCUT2D eigenvalue weighted by Crippen LogP contribution is 2.31. The molecular weight excluding hydrogens is 210 g/mol. The van der Waals surface area contributed by atoms with Crippen molar-refractivity contribution in [3.8, 4) is 0 Å². The fourth-order valence-electron chi connectivity index (χ4n) is 3.19. The van der Waals surface area contributed by atoms with Crippen LogP contribution in [0.4, 0.5) is 0 Å².